The Kier molecular flexibility index (Phi) is 4.29. The summed E-state index contributed by atoms with van der Waals surface area (Å²) in [6.07, 6.45) is -4.63. The minimum absolute atomic E-state index is 0.181. The summed E-state index contributed by atoms with van der Waals surface area (Å²) < 4.78 is 41.8. The summed E-state index contributed by atoms with van der Waals surface area (Å²) in [7, 11) is 0. The van der Waals surface area contributed by atoms with Gasteiger partial charge in [0.05, 0.1) is 6.61 Å². The Morgan fingerprint density at radius 2 is 2.17 bits per heavy atom. The SMILES string of the molecule is CCOC(=O)CNc1cc(C(F)(F)F)nc(N)n1. The summed E-state index contributed by atoms with van der Waals surface area (Å²) in [6.45, 7) is 1.49. The third-order valence-electron chi connectivity index (χ3n) is 1.75. The largest absolute Gasteiger partial charge is 0.465 e. The van der Waals surface area contributed by atoms with Crippen LogP contribution in [0.25, 0.3) is 0 Å². The number of esters is 1. The van der Waals surface area contributed by atoms with Crippen molar-refractivity contribution in [2.75, 3.05) is 24.2 Å². The number of alkyl halides is 3. The third kappa shape index (κ3) is 4.07. The summed E-state index contributed by atoms with van der Waals surface area (Å²) in [6, 6.07) is 0.662. The quantitative estimate of drug-likeness (QED) is 0.790. The average molecular weight is 264 g/mol. The molecule has 0 bridgehead atoms. The molecule has 0 amide bonds. The monoisotopic (exact) mass is 264 g/mol. The second-order valence-electron chi connectivity index (χ2n) is 3.15. The molecule has 18 heavy (non-hydrogen) atoms. The van der Waals surface area contributed by atoms with Crippen LogP contribution < -0.4 is 11.1 Å². The number of aromatic nitrogens is 2. The van der Waals surface area contributed by atoms with Crippen molar-refractivity contribution < 1.29 is 22.7 Å². The molecule has 3 N–H and O–H groups in total. The van der Waals surface area contributed by atoms with Crippen LogP contribution in [0.15, 0.2) is 6.07 Å². The molecule has 100 valence electrons. The van der Waals surface area contributed by atoms with E-state index in [0.717, 1.165) is 0 Å². The first-order valence-electron chi connectivity index (χ1n) is 4.94. The highest BCUT2D eigenvalue weighted by Crippen LogP contribution is 2.29. The van der Waals surface area contributed by atoms with E-state index in [0.29, 0.717) is 6.07 Å². The van der Waals surface area contributed by atoms with Gasteiger partial charge in [0.25, 0.3) is 0 Å². The first-order chi connectivity index (χ1) is 8.32. The van der Waals surface area contributed by atoms with Gasteiger partial charge in [0.1, 0.15) is 12.4 Å². The van der Waals surface area contributed by atoms with Gasteiger partial charge in [-0.15, -0.1) is 0 Å². The molecule has 0 saturated heterocycles. The van der Waals surface area contributed by atoms with E-state index in [1.54, 1.807) is 6.92 Å². The number of halogens is 3. The normalized spacial score (nSPS) is 11.1. The third-order valence-corrected chi connectivity index (χ3v) is 1.75. The van der Waals surface area contributed by atoms with Gasteiger partial charge in [0.2, 0.25) is 5.95 Å². The van der Waals surface area contributed by atoms with Crippen molar-refractivity contribution in [2.24, 2.45) is 0 Å². The Bertz CT molecular complexity index is 436. The Morgan fingerprint density at radius 3 is 2.72 bits per heavy atom. The number of nitrogens with zero attached hydrogens (tertiary/aromatic N) is 2. The van der Waals surface area contributed by atoms with Gasteiger partial charge >= 0.3 is 12.1 Å². The molecule has 0 aliphatic rings. The first kappa shape index (κ1) is 14.0. The van der Waals surface area contributed by atoms with Crippen LogP contribution in [-0.4, -0.2) is 29.1 Å². The van der Waals surface area contributed by atoms with Gasteiger partial charge in [0, 0.05) is 6.07 Å². The van der Waals surface area contributed by atoms with Crippen LogP contribution >= 0.6 is 0 Å². The van der Waals surface area contributed by atoms with Gasteiger partial charge in [-0.05, 0) is 6.92 Å². The van der Waals surface area contributed by atoms with E-state index in [-0.39, 0.29) is 19.0 Å². The summed E-state index contributed by atoms with van der Waals surface area (Å²) in [5.41, 5.74) is 3.96. The molecular weight excluding hydrogens is 253 g/mol. The van der Waals surface area contributed by atoms with Crippen LogP contribution in [0.2, 0.25) is 0 Å². The van der Waals surface area contributed by atoms with Crippen molar-refractivity contribution in [3.05, 3.63) is 11.8 Å². The molecule has 0 atom stereocenters. The van der Waals surface area contributed by atoms with Gasteiger partial charge < -0.3 is 15.8 Å². The predicted molar refractivity (Wildman–Crippen MR) is 56.6 cm³/mol. The van der Waals surface area contributed by atoms with E-state index in [2.05, 4.69) is 20.0 Å². The molecule has 0 unspecified atom stereocenters. The maximum Gasteiger partial charge on any atom is 0.433 e. The van der Waals surface area contributed by atoms with Crippen LogP contribution in [-0.2, 0) is 15.7 Å². The fourth-order valence-electron chi connectivity index (χ4n) is 1.08. The second kappa shape index (κ2) is 5.52. The molecular formula is C9H11F3N4O2. The highest BCUT2D eigenvalue weighted by Gasteiger charge is 2.33. The molecule has 1 aromatic heterocycles. The molecule has 1 aromatic rings. The summed E-state index contributed by atoms with van der Waals surface area (Å²) in [5.74, 6) is -1.33. The molecule has 1 heterocycles. The van der Waals surface area contributed by atoms with Crippen molar-refractivity contribution in [3.63, 3.8) is 0 Å². The zero-order valence-corrected chi connectivity index (χ0v) is 9.41. The predicted octanol–water partition coefficient (Wildman–Crippen LogP) is 1.05. The summed E-state index contributed by atoms with van der Waals surface area (Å²) in [5, 5.41) is 2.38. The van der Waals surface area contributed by atoms with Crippen LogP contribution in [0.1, 0.15) is 12.6 Å². The first-order valence-corrected chi connectivity index (χ1v) is 4.94. The van der Waals surface area contributed by atoms with Crippen LogP contribution in [0.4, 0.5) is 24.9 Å². The zero-order chi connectivity index (χ0) is 13.8. The molecule has 9 heteroatoms. The summed E-state index contributed by atoms with van der Waals surface area (Å²) in [4.78, 5) is 17.6. The fraction of sp³-hybridized carbons (Fsp3) is 0.444. The Hall–Kier alpha value is -2.06. The van der Waals surface area contributed by atoms with Gasteiger partial charge in [0.15, 0.2) is 5.69 Å². The number of nitrogen functional groups attached to an aromatic ring is 1. The number of rotatable bonds is 4. The van der Waals surface area contributed by atoms with Crippen molar-refractivity contribution in [1.29, 1.82) is 0 Å². The maximum atomic E-state index is 12.4. The minimum Gasteiger partial charge on any atom is -0.465 e. The molecule has 0 radical (unpaired) electrons. The second-order valence-corrected chi connectivity index (χ2v) is 3.15. The lowest BCUT2D eigenvalue weighted by Crippen LogP contribution is -2.19. The standard InChI is InChI=1S/C9H11F3N4O2/c1-2-18-7(17)4-14-6-3-5(9(10,11)12)15-8(13)16-6/h3H,2,4H2,1H3,(H3,13,14,15,16). The lowest BCUT2D eigenvalue weighted by atomic mass is 10.4. The van der Waals surface area contributed by atoms with Gasteiger partial charge in [-0.3, -0.25) is 4.79 Å². The lowest BCUT2D eigenvalue weighted by Gasteiger charge is -2.09. The molecule has 0 spiro atoms. The van der Waals surface area contributed by atoms with Crippen molar-refractivity contribution >= 4 is 17.7 Å². The smallest absolute Gasteiger partial charge is 0.433 e. The fourth-order valence-corrected chi connectivity index (χ4v) is 1.08. The average Bonchev–Trinajstić information content (AvgIpc) is 2.25. The Balaban J connectivity index is 2.78. The van der Waals surface area contributed by atoms with Crippen molar-refractivity contribution in [2.45, 2.75) is 13.1 Å². The van der Waals surface area contributed by atoms with E-state index in [1.165, 1.54) is 0 Å². The number of nitrogens with one attached hydrogen (secondary N) is 1. The number of hydrogen-bond acceptors (Lipinski definition) is 6. The molecule has 0 saturated carbocycles. The molecule has 6 nitrogen and oxygen atoms in total. The Morgan fingerprint density at radius 1 is 1.50 bits per heavy atom. The van der Waals surface area contributed by atoms with Gasteiger partial charge in [-0.1, -0.05) is 0 Å². The minimum atomic E-state index is -4.63. The van der Waals surface area contributed by atoms with Crippen molar-refractivity contribution in [1.82, 2.24) is 9.97 Å². The van der Waals surface area contributed by atoms with E-state index in [4.69, 9.17) is 5.73 Å². The van der Waals surface area contributed by atoms with Gasteiger partial charge in [-0.2, -0.15) is 18.2 Å². The molecule has 0 aromatic carbocycles. The number of carbonyl (C=O) groups excluding carboxylic acids is 1. The topological polar surface area (TPSA) is 90.1 Å². The van der Waals surface area contributed by atoms with Crippen LogP contribution in [0.3, 0.4) is 0 Å². The van der Waals surface area contributed by atoms with Gasteiger partial charge in [-0.25, -0.2) is 4.98 Å². The molecule has 0 fully saturated rings. The zero-order valence-electron chi connectivity index (χ0n) is 9.41. The molecule has 0 aliphatic carbocycles. The number of anilines is 2. The molecule has 1 rings (SSSR count). The number of nitrogens with two attached hydrogens (primary N) is 1. The van der Waals surface area contributed by atoms with E-state index >= 15 is 0 Å². The molecule has 0 aliphatic heterocycles. The lowest BCUT2D eigenvalue weighted by molar-refractivity contribution is -0.141. The highest BCUT2D eigenvalue weighted by molar-refractivity contribution is 5.74. The van der Waals surface area contributed by atoms with E-state index in [9.17, 15) is 18.0 Å². The van der Waals surface area contributed by atoms with Crippen molar-refractivity contribution in [3.8, 4) is 0 Å². The number of hydrogen-bond donors (Lipinski definition) is 2. The number of ether oxygens (including phenoxy) is 1. The van der Waals surface area contributed by atoms with E-state index in [1.807, 2.05) is 0 Å². The maximum absolute atomic E-state index is 12.4. The Labute approximate surface area is 100 Å². The van der Waals surface area contributed by atoms with E-state index < -0.39 is 23.8 Å². The number of carbonyl (C=O) groups is 1. The van der Waals surface area contributed by atoms with Crippen LogP contribution in [0, 0.1) is 0 Å². The highest BCUT2D eigenvalue weighted by atomic mass is 19.4. The summed E-state index contributed by atoms with van der Waals surface area (Å²) >= 11 is 0. The van der Waals surface area contributed by atoms with Crippen LogP contribution in [0.5, 0.6) is 0 Å².